The van der Waals surface area contributed by atoms with E-state index in [0.29, 0.717) is 18.5 Å². The Hall–Kier alpha value is -0.940. The fourth-order valence-corrected chi connectivity index (χ4v) is 1.64. The van der Waals surface area contributed by atoms with Crippen LogP contribution in [0.25, 0.3) is 0 Å². The van der Waals surface area contributed by atoms with Crippen molar-refractivity contribution < 1.29 is 4.52 Å². The highest BCUT2D eigenvalue weighted by Gasteiger charge is 2.27. The third kappa shape index (κ3) is 3.57. The van der Waals surface area contributed by atoms with E-state index in [1.165, 1.54) is 0 Å². The molecule has 1 heterocycles. The Bertz CT molecular complexity index is 330. The molecule has 5 nitrogen and oxygen atoms in total. The Kier molecular flexibility index (Phi) is 4.04. The molecule has 1 N–H and O–H groups in total. The zero-order valence-electron chi connectivity index (χ0n) is 11.0. The lowest BCUT2D eigenvalue weighted by Gasteiger charge is -2.24. The molecule has 0 aromatic carbocycles. The zero-order chi connectivity index (χ0) is 12.3. The van der Waals surface area contributed by atoms with Crippen molar-refractivity contribution in [1.82, 2.24) is 20.4 Å². The van der Waals surface area contributed by atoms with Gasteiger partial charge < -0.3 is 14.7 Å². The second-order valence-corrected chi connectivity index (χ2v) is 5.18. The molecule has 0 aliphatic heterocycles. The molecular weight excluding hydrogens is 204 g/mol. The predicted octanol–water partition coefficient (Wildman–Crippen LogP) is 1.36. The smallest absolute Gasteiger partial charge is 0.246 e. The van der Waals surface area contributed by atoms with Crippen LogP contribution in [0.3, 0.4) is 0 Å². The van der Waals surface area contributed by atoms with Gasteiger partial charge in [0.25, 0.3) is 0 Å². The van der Waals surface area contributed by atoms with E-state index in [2.05, 4.69) is 29.3 Å². The van der Waals surface area contributed by atoms with Crippen LogP contribution in [0.15, 0.2) is 4.52 Å². The average molecular weight is 226 g/mol. The van der Waals surface area contributed by atoms with E-state index in [1.54, 1.807) is 0 Å². The number of hydrogen-bond donors (Lipinski definition) is 1. The molecule has 0 spiro atoms. The summed E-state index contributed by atoms with van der Waals surface area (Å²) < 4.78 is 5.28. The van der Waals surface area contributed by atoms with E-state index < -0.39 is 0 Å². The fraction of sp³-hybridized carbons (Fsp3) is 0.818. The Balaban J connectivity index is 2.76. The van der Waals surface area contributed by atoms with Crippen LogP contribution >= 0.6 is 0 Å². The van der Waals surface area contributed by atoms with E-state index in [9.17, 15) is 0 Å². The van der Waals surface area contributed by atoms with Crippen molar-refractivity contribution in [2.24, 2.45) is 0 Å². The second kappa shape index (κ2) is 4.93. The van der Waals surface area contributed by atoms with Crippen molar-refractivity contribution in [3.8, 4) is 0 Å². The number of nitrogens with one attached hydrogen (secondary N) is 1. The summed E-state index contributed by atoms with van der Waals surface area (Å²) in [6.45, 7) is 8.97. The van der Waals surface area contributed by atoms with Crippen molar-refractivity contribution in [2.45, 2.75) is 45.8 Å². The van der Waals surface area contributed by atoms with Crippen LogP contribution < -0.4 is 5.32 Å². The van der Waals surface area contributed by atoms with Gasteiger partial charge in [0.2, 0.25) is 5.89 Å². The summed E-state index contributed by atoms with van der Waals surface area (Å²) in [5, 5.41) is 7.35. The topological polar surface area (TPSA) is 54.2 Å². The molecule has 0 aliphatic carbocycles. The van der Waals surface area contributed by atoms with Gasteiger partial charge in [0.1, 0.15) is 0 Å². The van der Waals surface area contributed by atoms with Gasteiger partial charge in [0, 0.05) is 6.04 Å². The van der Waals surface area contributed by atoms with Gasteiger partial charge >= 0.3 is 0 Å². The molecule has 0 amide bonds. The van der Waals surface area contributed by atoms with E-state index in [1.807, 2.05) is 32.8 Å². The molecule has 0 atom stereocenters. The summed E-state index contributed by atoms with van der Waals surface area (Å²) in [4.78, 5) is 6.40. The van der Waals surface area contributed by atoms with E-state index in [-0.39, 0.29) is 5.54 Å². The van der Waals surface area contributed by atoms with Crippen molar-refractivity contribution >= 4 is 0 Å². The van der Waals surface area contributed by atoms with E-state index >= 15 is 0 Å². The lowest BCUT2D eigenvalue weighted by Crippen LogP contribution is -2.41. The molecule has 92 valence electrons. The number of rotatable bonds is 5. The first-order valence-corrected chi connectivity index (χ1v) is 5.57. The lowest BCUT2D eigenvalue weighted by molar-refractivity contribution is 0.252. The van der Waals surface area contributed by atoms with Gasteiger partial charge in [-0.05, 0) is 41.8 Å². The monoisotopic (exact) mass is 226 g/mol. The molecule has 0 bridgehead atoms. The van der Waals surface area contributed by atoms with E-state index in [4.69, 9.17) is 4.52 Å². The lowest BCUT2D eigenvalue weighted by atomic mass is 10.0. The highest BCUT2D eigenvalue weighted by atomic mass is 16.5. The molecule has 0 aliphatic rings. The molecule has 0 radical (unpaired) electrons. The minimum Gasteiger partial charge on any atom is -0.337 e. The van der Waals surface area contributed by atoms with Crippen LogP contribution in [0.5, 0.6) is 0 Å². The Labute approximate surface area is 97.2 Å². The van der Waals surface area contributed by atoms with Gasteiger partial charge in [0.05, 0.1) is 12.1 Å². The van der Waals surface area contributed by atoms with Gasteiger partial charge in [-0.3, -0.25) is 0 Å². The summed E-state index contributed by atoms with van der Waals surface area (Å²) in [5.41, 5.74) is -0.286. The van der Waals surface area contributed by atoms with Gasteiger partial charge in [-0.1, -0.05) is 5.16 Å². The van der Waals surface area contributed by atoms with Crippen LogP contribution in [-0.4, -0.2) is 35.2 Å². The third-order valence-corrected chi connectivity index (χ3v) is 2.11. The van der Waals surface area contributed by atoms with Crippen molar-refractivity contribution in [3.05, 3.63) is 11.7 Å². The molecule has 1 rings (SSSR count). The third-order valence-electron chi connectivity index (χ3n) is 2.11. The quantitative estimate of drug-likeness (QED) is 0.821. The van der Waals surface area contributed by atoms with Crippen molar-refractivity contribution in [2.75, 3.05) is 14.1 Å². The molecule has 1 aromatic rings. The fourth-order valence-electron chi connectivity index (χ4n) is 1.64. The highest BCUT2D eigenvalue weighted by molar-refractivity contribution is 4.99. The first kappa shape index (κ1) is 13.1. The maximum atomic E-state index is 5.28. The SMILES string of the molecule is CC(C)NC(C)(C)c1nc(CN(C)C)no1. The van der Waals surface area contributed by atoms with Crippen molar-refractivity contribution in [1.29, 1.82) is 0 Å². The van der Waals surface area contributed by atoms with Gasteiger partial charge in [-0.25, -0.2) is 0 Å². The van der Waals surface area contributed by atoms with Crippen LogP contribution in [-0.2, 0) is 12.1 Å². The van der Waals surface area contributed by atoms with E-state index in [0.717, 1.165) is 5.82 Å². The molecule has 0 unspecified atom stereocenters. The van der Waals surface area contributed by atoms with Gasteiger partial charge in [-0.15, -0.1) is 0 Å². The first-order chi connectivity index (χ1) is 7.31. The molecule has 16 heavy (non-hydrogen) atoms. The minimum atomic E-state index is -0.286. The second-order valence-electron chi connectivity index (χ2n) is 5.18. The van der Waals surface area contributed by atoms with Crippen molar-refractivity contribution in [3.63, 3.8) is 0 Å². The van der Waals surface area contributed by atoms with Crippen LogP contribution in [0.1, 0.15) is 39.4 Å². The maximum Gasteiger partial charge on any atom is 0.246 e. The zero-order valence-corrected chi connectivity index (χ0v) is 11.0. The summed E-state index contributed by atoms with van der Waals surface area (Å²) in [6, 6.07) is 0.374. The largest absolute Gasteiger partial charge is 0.337 e. The Morgan fingerprint density at radius 2 is 2.00 bits per heavy atom. The average Bonchev–Trinajstić information content (AvgIpc) is 2.49. The molecule has 0 saturated carbocycles. The normalized spacial score (nSPS) is 12.8. The standard InChI is InChI=1S/C11H22N4O/c1-8(2)13-11(3,4)10-12-9(14-16-10)7-15(5)6/h8,13H,7H2,1-6H3. The van der Waals surface area contributed by atoms with Gasteiger partial charge in [-0.2, -0.15) is 4.98 Å². The number of nitrogens with zero attached hydrogens (tertiary/aromatic N) is 3. The molecular formula is C11H22N4O. The Morgan fingerprint density at radius 1 is 1.38 bits per heavy atom. The molecule has 0 saturated heterocycles. The summed E-state index contributed by atoms with van der Waals surface area (Å²) in [6.07, 6.45) is 0. The van der Waals surface area contributed by atoms with Crippen LogP contribution in [0.2, 0.25) is 0 Å². The van der Waals surface area contributed by atoms with Crippen LogP contribution in [0.4, 0.5) is 0 Å². The predicted molar refractivity (Wildman–Crippen MR) is 63.0 cm³/mol. The first-order valence-electron chi connectivity index (χ1n) is 5.57. The molecule has 1 aromatic heterocycles. The summed E-state index contributed by atoms with van der Waals surface area (Å²) >= 11 is 0. The number of aromatic nitrogens is 2. The van der Waals surface area contributed by atoms with Crippen LogP contribution in [0, 0.1) is 0 Å². The minimum absolute atomic E-state index is 0.286. The Morgan fingerprint density at radius 3 is 2.50 bits per heavy atom. The maximum absolute atomic E-state index is 5.28. The van der Waals surface area contributed by atoms with Gasteiger partial charge in [0.15, 0.2) is 5.82 Å². The number of hydrogen-bond acceptors (Lipinski definition) is 5. The molecule has 5 heteroatoms. The molecule has 0 fully saturated rings. The summed E-state index contributed by atoms with van der Waals surface area (Å²) in [5.74, 6) is 1.36. The summed E-state index contributed by atoms with van der Waals surface area (Å²) in [7, 11) is 3.96. The highest BCUT2D eigenvalue weighted by Crippen LogP contribution is 2.18.